The number of rotatable bonds is 8. The van der Waals surface area contributed by atoms with Crippen molar-refractivity contribution in [1.29, 1.82) is 0 Å². The summed E-state index contributed by atoms with van der Waals surface area (Å²) in [5.74, 6) is 4.01. The lowest BCUT2D eigenvalue weighted by atomic mass is 9.73. The minimum atomic E-state index is -4.67. The van der Waals surface area contributed by atoms with Crippen LogP contribution in [0.5, 0.6) is 11.5 Å². The van der Waals surface area contributed by atoms with Crippen LogP contribution in [0.25, 0.3) is 21.8 Å². The molecule has 6 fully saturated rings. The molecule has 0 amide bonds. The first-order valence-corrected chi connectivity index (χ1v) is 19.5. The predicted octanol–water partition coefficient (Wildman–Crippen LogP) is 4.04. The Hall–Kier alpha value is -4.03. The molecule has 10 atom stereocenters. The molecule has 6 aliphatic heterocycles. The molecule has 0 radical (unpaired) electrons. The van der Waals surface area contributed by atoms with Crippen molar-refractivity contribution < 1.29 is 48.2 Å². The van der Waals surface area contributed by atoms with Crippen molar-refractivity contribution in [2.45, 2.75) is 50.0 Å². The number of hydrogen-bond acceptors (Lipinski definition) is 10. The monoisotopic (exact) mass is 782 g/mol. The molecule has 4 aromatic rings. The molecule has 0 saturated carbocycles. The van der Waals surface area contributed by atoms with Gasteiger partial charge in [0, 0.05) is 48.3 Å². The van der Waals surface area contributed by atoms with Crippen LogP contribution < -0.4 is 9.47 Å². The first kappa shape index (κ1) is 43.7. The standard InChI is InChI=1S/2C20H24N2O2.H2O4S.2H2O/c2*1-3-13-12-22-9-7-14(13)10-19(22)20(23)16-6-8-21-18-5-4-15(24-2)11-17(16)18;1-5(2,3)4;;/h2*3-6,8,11,13-14,19-20,23H,1,7,9-10,12H2,2H3;(H2,1,2,3,4);2*1H2/t2*13-,14+,19-,20+;;;/m00.../s1. The van der Waals surface area contributed by atoms with Crippen LogP contribution in [-0.2, 0) is 10.4 Å². The average molecular weight is 783 g/mol. The highest BCUT2D eigenvalue weighted by Crippen LogP contribution is 2.43. The predicted molar refractivity (Wildman–Crippen MR) is 211 cm³/mol. The lowest BCUT2D eigenvalue weighted by molar-refractivity contribution is -0.0445. The number of hydrogen-bond donors (Lipinski definition) is 4. The van der Waals surface area contributed by atoms with Gasteiger partial charge >= 0.3 is 10.4 Å². The van der Waals surface area contributed by atoms with Gasteiger partial charge in [0.15, 0.2) is 0 Å². The van der Waals surface area contributed by atoms with Crippen molar-refractivity contribution in [3.63, 3.8) is 0 Å². The molecular formula is C40H54N4O10S. The molecule has 14 nitrogen and oxygen atoms in total. The molecule has 0 spiro atoms. The number of aliphatic hydroxyl groups is 2. The van der Waals surface area contributed by atoms with Gasteiger partial charge in [0.1, 0.15) is 11.5 Å². The van der Waals surface area contributed by atoms with Crippen molar-refractivity contribution in [2.75, 3.05) is 40.4 Å². The highest BCUT2D eigenvalue weighted by molar-refractivity contribution is 7.79. The number of aromatic nitrogens is 2. The van der Waals surface area contributed by atoms with E-state index in [0.717, 1.165) is 83.5 Å². The third-order valence-corrected chi connectivity index (χ3v) is 11.6. The fourth-order valence-electron chi connectivity index (χ4n) is 8.89. The van der Waals surface area contributed by atoms with E-state index in [9.17, 15) is 10.2 Å². The molecule has 15 heteroatoms. The summed E-state index contributed by atoms with van der Waals surface area (Å²) >= 11 is 0. The van der Waals surface area contributed by atoms with Gasteiger partial charge in [-0.1, -0.05) is 12.2 Å². The third kappa shape index (κ3) is 9.86. The van der Waals surface area contributed by atoms with Crippen LogP contribution in [0.1, 0.15) is 49.0 Å². The minimum absolute atomic E-state index is 0. The van der Waals surface area contributed by atoms with Gasteiger partial charge in [0.2, 0.25) is 0 Å². The average Bonchev–Trinajstić information content (AvgIpc) is 3.19. The van der Waals surface area contributed by atoms with Crippen LogP contribution in [-0.4, -0.2) is 111 Å². The van der Waals surface area contributed by atoms with E-state index >= 15 is 0 Å². The molecule has 10 rings (SSSR count). The topological polar surface area (TPSA) is 229 Å². The summed E-state index contributed by atoms with van der Waals surface area (Å²) in [4.78, 5) is 13.7. The number of aliphatic hydroxyl groups excluding tert-OH is 2. The Morgan fingerprint density at radius 1 is 0.727 bits per heavy atom. The number of piperidine rings is 6. The van der Waals surface area contributed by atoms with Crippen LogP contribution in [0.3, 0.4) is 0 Å². The zero-order valence-electron chi connectivity index (χ0n) is 31.2. The maximum Gasteiger partial charge on any atom is 0.394 e. The Balaban J connectivity index is 0.000000211. The van der Waals surface area contributed by atoms with Gasteiger partial charge in [0.25, 0.3) is 0 Å². The van der Waals surface area contributed by atoms with E-state index in [2.05, 4.69) is 45.1 Å². The Kier molecular flexibility index (Phi) is 14.9. The van der Waals surface area contributed by atoms with Gasteiger partial charge in [-0.2, -0.15) is 8.42 Å². The largest absolute Gasteiger partial charge is 0.497 e. The van der Waals surface area contributed by atoms with Crippen LogP contribution in [0.4, 0.5) is 0 Å². The Morgan fingerprint density at radius 3 is 1.42 bits per heavy atom. The first-order chi connectivity index (χ1) is 25.4. The molecule has 2 aromatic carbocycles. The summed E-state index contributed by atoms with van der Waals surface area (Å²) in [5.41, 5.74) is 3.69. The molecular weight excluding hydrogens is 729 g/mol. The van der Waals surface area contributed by atoms with Crippen LogP contribution in [0.15, 0.2) is 86.2 Å². The molecule has 4 bridgehead atoms. The summed E-state index contributed by atoms with van der Waals surface area (Å²) in [6.45, 7) is 12.1. The summed E-state index contributed by atoms with van der Waals surface area (Å²) < 4.78 is 42.3. The van der Waals surface area contributed by atoms with Crippen LogP contribution in [0.2, 0.25) is 0 Å². The van der Waals surface area contributed by atoms with Gasteiger partial charge < -0.3 is 30.6 Å². The van der Waals surface area contributed by atoms with Gasteiger partial charge in [-0.3, -0.25) is 28.9 Å². The Labute approximate surface area is 322 Å². The molecule has 6 aliphatic rings. The first-order valence-electron chi connectivity index (χ1n) is 18.1. The van der Waals surface area contributed by atoms with Crippen LogP contribution >= 0.6 is 0 Å². The second kappa shape index (κ2) is 18.7. The zero-order chi connectivity index (χ0) is 37.9. The summed E-state index contributed by atoms with van der Waals surface area (Å²) in [5, 5.41) is 24.3. The highest BCUT2D eigenvalue weighted by atomic mass is 32.3. The molecule has 8 heterocycles. The number of pyridine rings is 2. The number of benzene rings is 2. The maximum absolute atomic E-state index is 11.2. The normalized spacial score (nSPS) is 27.5. The van der Waals surface area contributed by atoms with Crippen molar-refractivity contribution in [3.05, 3.63) is 97.4 Å². The van der Waals surface area contributed by atoms with E-state index < -0.39 is 22.6 Å². The lowest BCUT2D eigenvalue weighted by Crippen LogP contribution is -2.54. The second-order valence-electron chi connectivity index (χ2n) is 14.4. The minimum Gasteiger partial charge on any atom is -0.497 e. The van der Waals surface area contributed by atoms with Gasteiger partial charge in [-0.25, -0.2) is 0 Å². The Morgan fingerprint density at radius 2 is 1.11 bits per heavy atom. The number of fused-ring (bicyclic) bond motifs is 8. The smallest absolute Gasteiger partial charge is 0.394 e. The van der Waals surface area contributed by atoms with Crippen molar-refractivity contribution >= 4 is 32.2 Å². The Bertz CT molecular complexity index is 1900. The van der Waals surface area contributed by atoms with Gasteiger partial charge in [0.05, 0.1) is 37.5 Å². The molecule has 300 valence electrons. The van der Waals surface area contributed by atoms with Gasteiger partial charge in [-0.05, 0) is 122 Å². The molecule has 6 saturated heterocycles. The number of ether oxygens (including phenoxy) is 2. The SMILES string of the molecule is C=C[C@H]1CN2CC[C@@H]1C[C@H]2[C@H](O)c1ccnc2ccc(OC)cc12.C=C[C@H]1CN2CC[C@@H]1C[C@H]2[C@H](O)c1ccnc2ccc(OC)cc12.O.O.O=S(=O)(O)O. The summed E-state index contributed by atoms with van der Waals surface area (Å²) in [6, 6.07) is 15.9. The second-order valence-corrected chi connectivity index (χ2v) is 15.3. The van der Waals surface area contributed by atoms with Crippen molar-refractivity contribution in [1.82, 2.24) is 19.8 Å². The third-order valence-electron chi connectivity index (χ3n) is 11.6. The summed E-state index contributed by atoms with van der Waals surface area (Å²) in [7, 11) is -1.34. The molecule has 0 aliphatic carbocycles. The fourth-order valence-corrected chi connectivity index (χ4v) is 8.89. The lowest BCUT2D eigenvalue weighted by Gasteiger charge is -2.50. The molecule has 2 aromatic heterocycles. The van der Waals surface area contributed by atoms with E-state index in [-0.39, 0.29) is 23.0 Å². The van der Waals surface area contributed by atoms with Crippen LogP contribution in [0, 0.1) is 23.7 Å². The van der Waals surface area contributed by atoms with E-state index in [1.54, 1.807) is 26.6 Å². The van der Waals surface area contributed by atoms with E-state index in [0.29, 0.717) is 23.7 Å². The number of methoxy groups -OCH3 is 2. The maximum atomic E-state index is 11.2. The quantitative estimate of drug-likeness (QED) is 0.147. The zero-order valence-corrected chi connectivity index (χ0v) is 32.1. The molecule has 2 unspecified atom stereocenters. The van der Waals surface area contributed by atoms with Crippen molar-refractivity contribution in [2.24, 2.45) is 23.7 Å². The molecule has 8 N–H and O–H groups in total. The van der Waals surface area contributed by atoms with E-state index in [4.69, 9.17) is 27.0 Å². The van der Waals surface area contributed by atoms with E-state index in [1.807, 2.05) is 48.5 Å². The highest BCUT2D eigenvalue weighted by Gasteiger charge is 2.43. The van der Waals surface area contributed by atoms with Gasteiger partial charge in [-0.15, -0.1) is 13.2 Å². The summed E-state index contributed by atoms with van der Waals surface area (Å²) in [6.07, 6.45) is 11.2. The van der Waals surface area contributed by atoms with E-state index in [1.165, 1.54) is 12.8 Å². The van der Waals surface area contributed by atoms with Crippen molar-refractivity contribution in [3.8, 4) is 11.5 Å². The molecule has 55 heavy (non-hydrogen) atoms. The number of nitrogens with zero attached hydrogens (tertiary/aromatic N) is 4. The fraction of sp³-hybridized carbons (Fsp3) is 0.450.